The molecule has 0 fully saturated rings. The first kappa shape index (κ1) is 12.1. The van der Waals surface area contributed by atoms with E-state index in [9.17, 15) is 8.78 Å². The lowest BCUT2D eigenvalue weighted by atomic mass is 10.0. The van der Waals surface area contributed by atoms with Crippen LogP contribution in [0.3, 0.4) is 0 Å². The molecule has 0 radical (unpaired) electrons. The lowest BCUT2D eigenvalue weighted by molar-refractivity contribution is 0.573. The van der Waals surface area contributed by atoms with Crippen molar-refractivity contribution >= 4 is 5.69 Å². The first-order chi connectivity index (χ1) is 9.20. The van der Waals surface area contributed by atoms with Crippen LogP contribution in [0.25, 0.3) is 0 Å². The molecule has 0 saturated heterocycles. The normalized spacial score (nSPS) is 17.6. The lowest BCUT2D eigenvalue weighted by Gasteiger charge is -2.26. The third-order valence-corrected chi connectivity index (χ3v) is 3.57. The van der Waals surface area contributed by atoms with Crippen LogP contribution in [0.1, 0.15) is 17.2 Å². The fourth-order valence-corrected chi connectivity index (χ4v) is 2.68. The zero-order valence-electron chi connectivity index (χ0n) is 10.3. The van der Waals surface area contributed by atoms with Crippen LogP contribution in [0.2, 0.25) is 0 Å². The van der Waals surface area contributed by atoms with Gasteiger partial charge in [-0.1, -0.05) is 18.2 Å². The van der Waals surface area contributed by atoms with Gasteiger partial charge in [-0.3, -0.25) is 0 Å². The van der Waals surface area contributed by atoms with Gasteiger partial charge in [0, 0.05) is 30.4 Å². The molecule has 4 heteroatoms. The van der Waals surface area contributed by atoms with Crippen LogP contribution in [-0.2, 0) is 6.54 Å². The van der Waals surface area contributed by atoms with E-state index in [2.05, 4.69) is 0 Å². The van der Waals surface area contributed by atoms with E-state index in [4.69, 9.17) is 5.73 Å². The summed E-state index contributed by atoms with van der Waals surface area (Å²) in [4.78, 5) is 2.01. The van der Waals surface area contributed by atoms with Gasteiger partial charge >= 0.3 is 0 Å². The maximum absolute atomic E-state index is 13.8. The Morgan fingerprint density at radius 3 is 2.58 bits per heavy atom. The smallest absolute Gasteiger partial charge is 0.131 e. The van der Waals surface area contributed by atoms with E-state index in [1.165, 1.54) is 6.07 Å². The van der Waals surface area contributed by atoms with Crippen LogP contribution in [0, 0.1) is 11.6 Å². The molecular formula is C15H14F2N2. The maximum atomic E-state index is 13.8. The summed E-state index contributed by atoms with van der Waals surface area (Å²) in [5, 5.41) is 0. The van der Waals surface area contributed by atoms with E-state index in [1.807, 2.05) is 35.2 Å². The molecule has 0 aromatic heterocycles. The molecule has 0 spiro atoms. The Hall–Kier alpha value is -1.94. The molecule has 1 unspecified atom stereocenters. The molecular weight excluding hydrogens is 246 g/mol. The highest BCUT2D eigenvalue weighted by atomic mass is 19.1. The van der Waals surface area contributed by atoms with Gasteiger partial charge in [-0.2, -0.15) is 0 Å². The van der Waals surface area contributed by atoms with Crippen molar-refractivity contribution in [2.75, 3.05) is 11.4 Å². The largest absolute Gasteiger partial charge is 0.359 e. The lowest BCUT2D eigenvalue weighted by Crippen LogP contribution is -2.27. The zero-order chi connectivity index (χ0) is 13.4. The molecule has 2 nitrogen and oxygen atoms in total. The number of hydrogen-bond acceptors (Lipinski definition) is 2. The molecule has 1 aliphatic rings. The molecule has 0 saturated carbocycles. The van der Waals surface area contributed by atoms with Gasteiger partial charge in [0.25, 0.3) is 0 Å². The van der Waals surface area contributed by atoms with Crippen molar-refractivity contribution in [3.05, 3.63) is 65.2 Å². The monoisotopic (exact) mass is 260 g/mol. The van der Waals surface area contributed by atoms with Crippen molar-refractivity contribution in [3.63, 3.8) is 0 Å². The summed E-state index contributed by atoms with van der Waals surface area (Å²) in [6.45, 7) is 0.748. The maximum Gasteiger partial charge on any atom is 0.131 e. The van der Waals surface area contributed by atoms with Gasteiger partial charge in [-0.25, -0.2) is 8.78 Å². The zero-order valence-corrected chi connectivity index (χ0v) is 10.3. The number of fused-ring (bicyclic) bond motifs is 1. The summed E-state index contributed by atoms with van der Waals surface area (Å²) in [5.41, 5.74) is 7.96. The van der Waals surface area contributed by atoms with Gasteiger partial charge in [0.2, 0.25) is 0 Å². The van der Waals surface area contributed by atoms with E-state index >= 15 is 0 Å². The van der Waals surface area contributed by atoms with Gasteiger partial charge in [-0.15, -0.1) is 0 Å². The van der Waals surface area contributed by atoms with Crippen LogP contribution < -0.4 is 10.6 Å². The summed E-state index contributed by atoms with van der Waals surface area (Å²) in [6.07, 6.45) is 0. The molecule has 2 aromatic carbocycles. The Morgan fingerprint density at radius 1 is 1.16 bits per heavy atom. The van der Waals surface area contributed by atoms with Crippen LogP contribution >= 0.6 is 0 Å². The van der Waals surface area contributed by atoms with Crippen LogP contribution in [0.5, 0.6) is 0 Å². The predicted octanol–water partition coefficient (Wildman–Crippen LogP) is 2.98. The van der Waals surface area contributed by atoms with Crippen LogP contribution in [0.4, 0.5) is 14.5 Å². The van der Waals surface area contributed by atoms with Crippen molar-refractivity contribution in [1.29, 1.82) is 0 Å². The highest BCUT2D eigenvalue weighted by Gasteiger charge is 2.32. The topological polar surface area (TPSA) is 29.3 Å². The summed E-state index contributed by atoms with van der Waals surface area (Å²) < 4.78 is 27.2. The van der Waals surface area contributed by atoms with Crippen LogP contribution in [0.15, 0.2) is 42.5 Å². The van der Waals surface area contributed by atoms with E-state index in [1.54, 1.807) is 0 Å². The number of para-hydroxylation sites is 1. The highest BCUT2D eigenvalue weighted by molar-refractivity contribution is 5.55. The number of benzene rings is 2. The Morgan fingerprint density at radius 2 is 1.89 bits per heavy atom. The second-order valence-corrected chi connectivity index (χ2v) is 4.67. The van der Waals surface area contributed by atoms with E-state index < -0.39 is 11.6 Å². The number of hydrogen-bond donors (Lipinski definition) is 1. The minimum atomic E-state index is -0.551. The van der Waals surface area contributed by atoms with Gasteiger partial charge < -0.3 is 10.6 Å². The Bertz CT molecular complexity index is 599. The summed E-state index contributed by atoms with van der Waals surface area (Å²) >= 11 is 0. The quantitative estimate of drug-likeness (QED) is 0.899. The number of halogens is 2. The average Bonchev–Trinajstić information content (AvgIpc) is 2.78. The minimum Gasteiger partial charge on any atom is -0.359 e. The van der Waals surface area contributed by atoms with Crippen molar-refractivity contribution < 1.29 is 8.78 Å². The van der Waals surface area contributed by atoms with Crippen LogP contribution in [-0.4, -0.2) is 6.54 Å². The van der Waals surface area contributed by atoms with Gasteiger partial charge in [0.15, 0.2) is 0 Å². The minimum absolute atomic E-state index is 0.178. The summed E-state index contributed by atoms with van der Waals surface area (Å²) in [5.74, 6) is -1.04. The fraction of sp³-hybridized carbons (Fsp3) is 0.200. The second kappa shape index (κ2) is 4.63. The molecule has 2 aromatic rings. The van der Waals surface area contributed by atoms with Gasteiger partial charge in [0.1, 0.15) is 11.6 Å². The van der Waals surface area contributed by atoms with E-state index in [0.29, 0.717) is 24.2 Å². The molecule has 1 aliphatic heterocycles. The van der Waals surface area contributed by atoms with Crippen molar-refractivity contribution in [3.8, 4) is 0 Å². The summed E-state index contributed by atoms with van der Waals surface area (Å²) in [6, 6.07) is 11.8. The molecule has 0 amide bonds. The highest BCUT2D eigenvalue weighted by Crippen LogP contribution is 2.38. The second-order valence-electron chi connectivity index (χ2n) is 4.67. The third kappa shape index (κ3) is 1.98. The molecule has 3 rings (SSSR count). The Kier molecular flexibility index (Phi) is 2.95. The first-order valence-corrected chi connectivity index (χ1v) is 6.20. The Balaban J connectivity index is 2.06. The molecule has 98 valence electrons. The molecule has 2 N–H and O–H groups in total. The number of nitrogens with zero attached hydrogens (tertiary/aromatic N) is 1. The Labute approximate surface area is 110 Å². The number of anilines is 1. The number of rotatable bonds is 2. The first-order valence-electron chi connectivity index (χ1n) is 6.20. The third-order valence-electron chi connectivity index (χ3n) is 3.57. The van der Waals surface area contributed by atoms with Crippen molar-refractivity contribution in [2.45, 2.75) is 12.6 Å². The molecule has 19 heavy (non-hydrogen) atoms. The predicted molar refractivity (Wildman–Crippen MR) is 70.8 cm³/mol. The molecule has 1 heterocycles. The van der Waals surface area contributed by atoms with Crippen molar-refractivity contribution in [2.24, 2.45) is 5.73 Å². The van der Waals surface area contributed by atoms with Crippen molar-refractivity contribution in [1.82, 2.24) is 0 Å². The summed E-state index contributed by atoms with van der Waals surface area (Å²) in [7, 11) is 0. The van der Waals surface area contributed by atoms with Gasteiger partial charge in [0.05, 0.1) is 6.04 Å². The van der Waals surface area contributed by atoms with E-state index in [-0.39, 0.29) is 6.04 Å². The number of nitrogens with two attached hydrogens (primary N) is 1. The van der Waals surface area contributed by atoms with E-state index in [0.717, 1.165) is 11.8 Å². The molecule has 0 bridgehead atoms. The molecule has 0 aliphatic carbocycles. The molecule has 1 atom stereocenters. The van der Waals surface area contributed by atoms with Gasteiger partial charge in [-0.05, 0) is 23.8 Å². The average molecular weight is 260 g/mol. The SMILES string of the molecule is NCC1c2cc(F)cc(F)c2CN1c1ccccc1. The standard InChI is InChI=1S/C15H14F2N2/c16-10-6-12-13(14(17)7-10)9-19(15(12)8-18)11-4-2-1-3-5-11/h1-7,15H,8-9,18H2. The fourth-order valence-electron chi connectivity index (χ4n) is 2.68.